The zero-order valence-electron chi connectivity index (χ0n) is 12.0. The highest BCUT2D eigenvalue weighted by Gasteiger charge is 2.30. The molecule has 2 atom stereocenters. The number of aromatic carboxylic acids is 1. The molecule has 22 heavy (non-hydrogen) atoms. The van der Waals surface area contributed by atoms with E-state index in [4.69, 9.17) is 5.11 Å². The van der Waals surface area contributed by atoms with Crippen LogP contribution in [0.4, 0.5) is 0 Å². The summed E-state index contributed by atoms with van der Waals surface area (Å²) in [5.41, 5.74) is 0.149. The summed E-state index contributed by atoms with van der Waals surface area (Å²) in [7, 11) is -3.04. The lowest BCUT2D eigenvalue weighted by Gasteiger charge is -2.16. The van der Waals surface area contributed by atoms with E-state index in [1.807, 2.05) is 0 Å². The first kappa shape index (κ1) is 16.8. The Morgan fingerprint density at radius 1 is 1.36 bits per heavy atom. The van der Waals surface area contributed by atoms with E-state index >= 15 is 0 Å². The molecule has 0 aromatic heterocycles. The Balaban J connectivity index is 1.99. The summed E-state index contributed by atoms with van der Waals surface area (Å²) in [5.74, 6) is -1.26. The number of carbonyl (C=O) groups is 2. The Kier molecular flexibility index (Phi) is 5.12. The molecule has 6 nitrogen and oxygen atoms in total. The number of amides is 1. The van der Waals surface area contributed by atoms with Gasteiger partial charge in [-0.25, -0.2) is 13.2 Å². The van der Waals surface area contributed by atoms with Crippen LogP contribution in [-0.2, 0) is 14.6 Å². The molecule has 1 aliphatic rings. The van der Waals surface area contributed by atoms with Crippen molar-refractivity contribution in [3.8, 4) is 0 Å². The quantitative estimate of drug-likeness (QED) is 0.779. The van der Waals surface area contributed by atoms with Crippen molar-refractivity contribution in [1.29, 1.82) is 0 Å². The minimum Gasteiger partial charge on any atom is -0.478 e. The fourth-order valence-electron chi connectivity index (χ4n) is 2.22. The zero-order chi connectivity index (χ0) is 16.3. The highest BCUT2D eigenvalue weighted by molar-refractivity contribution is 8.00. The molecule has 1 saturated heterocycles. The molecule has 1 aromatic rings. The first-order valence-corrected chi connectivity index (χ1v) is 9.48. The monoisotopic (exact) mass is 343 g/mol. The minimum absolute atomic E-state index is 0.0260. The van der Waals surface area contributed by atoms with Crippen molar-refractivity contribution in [2.75, 3.05) is 11.5 Å². The number of rotatable bonds is 5. The molecule has 8 heteroatoms. The molecule has 2 N–H and O–H groups in total. The van der Waals surface area contributed by atoms with Gasteiger partial charge in [-0.1, -0.05) is 12.1 Å². The smallest absolute Gasteiger partial charge is 0.336 e. The third kappa shape index (κ3) is 4.23. The van der Waals surface area contributed by atoms with Gasteiger partial charge in [-0.3, -0.25) is 4.79 Å². The largest absolute Gasteiger partial charge is 0.478 e. The van der Waals surface area contributed by atoms with E-state index in [9.17, 15) is 18.0 Å². The van der Waals surface area contributed by atoms with E-state index in [1.165, 1.54) is 6.07 Å². The van der Waals surface area contributed by atoms with Gasteiger partial charge in [0.2, 0.25) is 5.91 Å². The summed E-state index contributed by atoms with van der Waals surface area (Å²) in [4.78, 5) is 23.8. The van der Waals surface area contributed by atoms with Crippen molar-refractivity contribution in [3.05, 3.63) is 29.8 Å². The second-order valence-corrected chi connectivity index (χ2v) is 8.78. The minimum atomic E-state index is -3.04. The lowest BCUT2D eigenvalue weighted by Crippen LogP contribution is -2.39. The molecule has 1 aromatic carbocycles. The van der Waals surface area contributed by atoms with Gasteiger partial charge in [0.1, 0.15) is 0 Å². The Bertz CT molecular complexity index is 686. The Morgan fingerprint density at radius 2 is 2.05 bits per heavy atom. The molecule has 120 valence electrons. The first-order chi connectivity index (χ1) is 10.3. The average Bonchev–Trinajstić information content (AvgIpc) is 2.78. The van der Waals surface area contributed by atoms with E-state index in [1.54, 1.807) is 25.1 Å². The van der Waals surface area contributed by atoms with Crippen LogP contribution in [0.15, 0.2) is 29.2 Å². The fourth-order valence-corrected chi connectivity index (χ4v) is 4.89. The number of carbonyl (C=O) groups excluding carboxylic acids is 1. The van der Waals surface area contributed by atoms with Crippen LogP contribution in [0.5, 0.6) is 0 Å². The molecule has 0 aliphatic carbocycles. The second kappa shape index (κ2) is 6.70. The third-order valence-corrected chi connectivity index (χ3v) is 6.31. The number of thioether (sulfide) groups is 1. The van der Waals surface area contributed by atoms with E-state index in [-0.39, 0.29) is 29.0 Å². The number of sulfone groups is 1. The average molecular weight is 343 g/mol. The number of hydrogen-bond donors (Lipinski definition) is 2. The van der Waals surface area contributed by atoms with Gasteiger partial charge in [0.05, 0.1) is 22.3 Å². The second-order valence-electron chi connectivity index (χ2n) is 5.17. The number of carboxylic acids is 1. The lowest BCUT2D eigenvalue weighted by atomic mass is 10.2. The highest BCUT2D eigenvalue weighted by atomic mass is 32.2. The van der Waals surface area contributed by atoms with Crippen LogP contribution in [0.3, 0.4) is 0 Å². The lowest BCUT2D eigenvalue weighted by molar-refractivity contribution is -0.120. The molecule has 0 radical (unpaired) electrons. The summed E-state index contributed by atoms with van der Waals surface area (Å²) in [6.45, 7) is 1.67. The maximum Gasteiger partial charge on any atom is 0.336 e. The molecule has 1 aliphatic heterocycles. The Morgan fingerprint density at radius 3 is 2.64 bits per heavy atom. The van der Waals surface area contributed by atoms with Crippen molar-refractivity contribution in [1.82, 2.24) is 5.32 Å². The van der Waals surface area contributed by atoms with Crippen molar-refractivity contribution >= 4 is 33.5 Å². The summed E-state index contributed by atoms with van der Waals surface area (Å²) in [6, 6.07) is 6.12. The number of benzene rings is 1. The van der Waals surface area contributed by atoms with Crippen LogP contribution in [0, 0.1) is 0 Å². The van der Waals surface area contributed by atoms with E-state index in [0.29, 0.717) is 11.3 Å². The zero-order valence-corrected chi connectivity index (χ0v) is 13.6. The molecule has 1 amide bonds. The van der Waals surface area contributed by atoms with Gasteiger partial charge in [0.15, 0.2) is 9.84 Å². The van der Waals surface area contributed by atoms with Crippen LogP contribution in [-0.4, -0.2) is 48.2 Å². The number of nitrogens with one attached hydrogen (secondary N) is 1. The summed E-state index contributed by atoms with van der Waals surface area (Å²) >= 11 is 1.15. The fraction of sp³-hybridized carbons (Fsp3) is 0.429. The summed E-state index contributed by atoms with van der Waals surface area (Å²) < 4.78 is 22.8. The normalized spacial score (nSPS) is 21.2. The molecule has 0 saturated carbocycles. The maximum absolute atomic E-state index is 12.1. The highest BCUT2D eigenvalue weighted by Crippen LogP contribution is 2.27. The molecule has 1 fully saturated rings. The molecular weight excluding hydrogens is 326 g/mol. The summed E-state index contributed by atoms with van der Waals surface area (Å²) in [5, 5.41) is 11.3. The van der Waals surface area contributed by atoms with Gasteiger partial charge in [0.25, 0.3) is 0 Å². The van der Waals surface area contributed by atoms with Gasteiger partial charge in [-0.05, 0) is 25.5 Å². The predicted molar refractivity (Wildman–Crippen MR) is 83.9 cm³/mol. The first-order valence-electron chi connectivity index (χ1n) is 6.78. The Hall–Kier alpha value is -1.54. The van der Waals surface area contributed by atoms with E-state index in [2.05, 4.69) is 5.32 Å². The van der Waals surface area contributed by atoms with Crippen LogP contribution < -0.4 is 5.32 Å². The molecule has 0 bridgehead atoms. The SMILES string of the molecule is C[C@@H](Sc1ccccc1C(=O)O)C(=O)N[C@H]1CCS(=O)(=O)C1. The predicted octanol–water partition coefficient (Wildman–Crippen LogP) is 1.17. The molecule has 1 heterocycles. The summed E-state index contributed by atoms with van der Waals surface area (Å²) in [6.07, 6.45) is 0.428. The van der Waals surface area contributed by atoms with Gasteiger partial charge >= 0.3 is 5.97 Å². The van der Waals surface area contributed by atoms with Gasteiger partial charge in [-0.2, -0.15) is 0 Å². The van der Waals surface area contributed by atoms with Gasteiger partial charge in [-0.15, -0.1) is 11.8 Å². The molecular formula is C14H17NO5S2. The van der Waals surface area contributed by atoms with Crippen LogP contribution in [0.2, 0.25) is 0 Å². The standard InChI is InChI=1S/C14H17NO5S2/c1-9(13(16)15-10-6-7-22(19,20)8-10)21-12-5-3-2-4-11(12)14(17)18/h2-5,9-10H,6-8H2,1H3,(H,15,16)(H,17,18)/t9-,10+/m1/s1. The molecule has 0 unspecified atom stereocenters. The van der Waals surface area contributed by atoms with E-state index < -0.39 is 21.1 Å². The Labute approximate surface area is 133 Å². The van der Waals surface area contributed by atoms with Crippen molar-refractivity contribution in [2.45, 2.75) is 29.5 Å². The van der Waals surface area contributed by atoms with Crippen molar-refractivity contribution < 1.29 is 23.1 Å². The van der Waals surface area contributed by atoms with Crippen molar-refractivity contribution in [2.24, 2.45) is 0 Å². The van der Waals surface area contributed by atoms with E-state index in [0.717, 1.165) is 11.8 Å². The molecule has 0 spiro atoms. The van der Waals surface area contributed by atoms with Gasteiger partial charge in [0, 0.05) is 10.9 Å². The molecule has 2 rings (SSSR count). The maximum atomic E-state index is 12.1. The van der Waals surface area contributed by atoms with Crippen molar-refractivity contribution in [3.63, 3.8) is 0 Å². The number of hydrogen-bond acceptors (Lipinski definition) is 5. The van der Waals surface area contributed by atoms with Crippen LogP contribution in [0.1, 0.15) is 23.7 Å². The van der Waals surface area contributed by atoms with Crippen LogP contribution in [0.25, 0.3) is 0 Å². The number of carboxylic acid groups (broad SMARTS) is 1. The van der Waals surface area contributed by atoms with Crippen LogP contribution >= 0.6 is 11.8 Å². The third-order valence-electron chi connectivity index (χ3n) is 3.37. The van der Waals surface area contributed by atoms with Gasteiger partial charge < -0.3 is 10.4 Å². The topological polar surface area (TPSA) is 101 Å².